The highest BCUT2D eigenvalue weighted by molar-refractivity contribution is 7.89. The van der Waals surface area contributed by atoms with Gasteiger partial charge in [0.25, 0.3) is 0 Å². The second-order valence-electron chi connectivity index (χ2n) is 7.03. The molecular weight excluding hydrogens is 408 g/mol. The van der Waals surface area contributed by atoms with Gasteiger partial charge < -0.3 is 14.2 Å². The normalized spacial score (nSPS) is 20.5. The van der Waals surface area contributed by atoms with E-state index in [1.807, 2.05) is 0 Å². The molecule has 158 valence electrons. The number of benzene rings is 1. The second kappa shape index (κ2) is 8.15. The Labute approximate surface area is 166 Å². The number of methoxy groups -OCH3 is 1. The largest absolute Gasteiger partial charge is 0.490 e. The fraction of sp³-hybridized carbons (Fsp3) is 0.647. The standard InChI is InChI=1S/C17H26N2O7S2/c1-24-17(6-8-19(9-7-17)27(2,20)21)13-18-28(22,23)14-4-5-15-16(12-14)26-11-3-10-25-15/h4-5,12,18H,3,6-11,13H2,1-2H3. The first-order chi connectivity index (χ1) is 13.2. The lowest BCUT2D eigenvalue weighted by Crippen LogP contribution is -2.52. The van der Waals surface area contributed by atoms with Crippen LogP contribution in [0, 0.1) is 0 Å². The summed E-state index contributed by atoms with van der Waals surface area (Å²) in [6, 6.07) is 4.52. The summed E-state index contributed by atoms with van der Waals surface area (Å²) >= 11 is 0. The summed E-state index contributed by atoms with van der Waals surface area (Å²) in [4.78, 5) is 0.0802. The Balaban J connectivity index is 1.70. The zero-order chi connectivity index (χ0) is 20.4. The summed E-state index contributed by atoms with van der Waals surface area (Å²) in [7, 11) is -5.55. The van der Waals surface area contributed by atoms with Gasteiger partial charge in [-0.3, -0.25) is 0 Å². The molecule has 1 aromatic carbocycles. The van der Waals surface area contributed by atoms with Crippen LogP contribution in [0.2, 0.25) is 0 Å². The molecule has 0 aromatic heterocycles. The molecule has 2 aliphatic rings. The molecule has 28 heavy (non-hydrogen) atoms. The maximum atomic E-state index is 12.8. The third-order valence-electron chi connectivity index (χ3n) is 5.15. The van der Waals surface area contributed by atoms with Crippen LogP contribution in [0.1, 0.15) is 19.3 Å². The molecule has 3 rings (SSSR count). The van der Waals surface area contributed by atoms with Gasteiger partial charge in [0.15, 0.2) is 11.5 Å². The number of hydrogen-bond acceptors (Lipinski definition) is 7. The predicted molar refractivity (Wildman–Crippen MR) is 103 cm³/mol. The van der Waals surface area contributed by atoms with E-state index >= 15 is 0 Å². The Kier molecular flexibility index (Phi) is 6.20. The van der Waals surface area contributed by atoms with Crippen molar-refractivity contribution >= 4 is 20.0 Å². The van der Waals surface area contributed by atoms with Crippen LogP contribution in [0.15, 0.2) is 23.1 Å². The minimum atomic E-state index is -3.79. The molecule has 1 saturated heterocycles. The van der Waals surface area contributed by atoms with Crippen LogP contribution in [0.4, 0.5) is 0 Å². The van der Waals surface area contributed by atoms with Gasteiger partial charge in [-0.2, -0.15) is 0 Å². The van der Waals surface area contributed by atoms with Gasteiger partial charge in [-0.1, -0.05) is 0 Å². The second-order valence-corrected chi connectivity index (χ2v) is 10.8. The number of hydrogen-bond donors (Lipinski definition) is 1. The number of ether oxygens (including phenoxy) is 3. The Hall–Kier alpha value is -1.40. The minimum absolute atomic E-state index is 0.0534. The van der Waals surface area contributed by atoms with Crippen molar-refractivity contribution in [3.05, 3.63) is 18.2 Å². The fourth-order valence-electron chi connectivity index (χ4n) is 3.30. The van der Waals surface area contributed by atoms with E-state index in [0.717, 1.165) is 6.42 Å². The highest BCUT2D eigenvalue weighted by Gasteiger charge is 2.38. The SMILES string of the molecule is COC1(CNS(=O)(=O)c2ccc3c(c2)OCCCO3)CCN(S(C)(=O)=O)CC1. The summed E-state index contributed by atoms with van der Waals surface area (Å²) in [5, 5.41) is 0. The van der Waals surface area contributed by atoms with Gasteiger partial charge in [-0.05, 0) is 25.0 Å². The maximum Gasteiger partial charge on any atom is 0.240 e. The Morgan fingerprint density at radius 3 is 2.36 bits per heavy atom. The van der Waals surface area contributed by atoms with E-state index < -0.39 is 25.6 Å². The van der Waals surface area contributed by atoms with Crippen molar-refractivity contribution in [2.75, 3.05) is 46.2 Å². The lowest BCUT2D eigenvalue weighted by molar-refractivity contribution is -0.0401. The van der Waals surface area contributed by atoms with Crippen molar-refractivity contribution in [3.63, 3.8) is 0 Å². The monoisotopic (exact) mass is 434 g/mol. The van der Waals surface area contributed by atoms with Gasteiger partial charge in [0.05, 0.1) is 30.0 Å². The van der Waals surface area contributed by atoms with Crippen LogP contribution < -0.4 is 14.2 Å². The average molecular weight is 435 g/mol. The van der Waals surface area contributed by atoms with Crippen LogP contribution >= 0.6 is 0 Å². The molecule has 11 heteroatoms. The van der Waals surface area contributed by atoms with Crippen LogP contribution in [-0.4, -0.2) is 73.0 Å². The van der Waals surface area contributed by atoms with Crippen molar-refractivity contribution in [1.29, 1.82) is 0 Å². The summed E-state index contributed by atoms with van der Waals surface area (Å²) in [5.74, 6) is 0.932. The van der Waals surface area contributed by atoms with E-state index in [0.29, 0.717) is 50.6 Å². The predicted octanol–water partition coefficient (Wildman–Crippen LogP) is 0.567. The Bertz CT molecular complexity index is 907. The van der Waals surface area contributed by atoms with Crippen LogP contribution in [0.25, 0.3) is 0 Å². The zero-order valence-electron chi connectivity index (χ0n) is 16.0. The number of fused-ring (bicyclic) bond motifs is 1. The topological polar surface area (TPSA) is 111 Å². The van der Waals surface area contributed by atoms with Gasteiger partial charge in [-0.15, -0.1) is 0 Å². The van der Waals surface area contributed by atoms with E-state index in [1.165, 1.54) is 29.8 Å². The Morgan fingerprint density at radius 1 is 1.11 bits per heavy atom. The van der Waals surface area contributed by atoms with Crippen molar-refractivity contribution in [2.45, 2.75) is 29.8 Å². The fourth-order valence-corrected chi connectivity index (χ4v) is 5.27. The third-order valence-corrected chi connectivity index (χ3v) is 7.85. The molecule has 1 aromatic rings. The summed E-state index contributed by atoms with van der Waals surface area (Å²) in [6.45, 7) is 1.63. The lowest BCUT2D eigenvalue weighted by atomic mass is 9.92. The van der Waals surface area contributed by atoms with Crippen LogP contribution in [0.5, 0.6) is 11.5 Å². The molecule has 0 bridgehead atoms. The van der Waals surface area contributed by atoms with Gasteiger partial charge in [-0.25, -0.2) is 25.9 Å². The first-order valence-corrected chi connectivity index (χ1v) is 12.4. The zero-order valence-corrected chi connectivity index (χ0v) is 17.6. The molecule has 2 aliphatic heterocycles. The molecule has 0 spiro atoms. The molecule has 0 atom stereocenters. The number of sulfonamides is 2. The van der Waals surface area contributed by atoms with E-state index in [-0.39, 0.29) is 11.4 Å². The van der Waals surface area contributed by atoms with E-state index in [4.69, 9.17) is 14.2 Å². The van der Waals surface area contributed by atoms with E-state index in [2.05, 4.69) is 4.72 Å². The Morgan fingerprint density at radius 2 is 1.75 bits per heavy atom. The van der Waals surface area contributed by atoms with Crippen LogP contribution in [-0.2, 0) is 24.8 Å². The molecule has 0 aliphatic carbocycles. The summed E-state index contributed by atoms with van der Waals surface area (Å²) in [6.07, 6.45) is 2.70. The molecule has 2 heterocycles. The first-order valence-electron chi connectivity index (χ1n) is 9.05. The molecular formula is C17H26N2O7S2. The van der Waals surface area contributed by atoms with Crippen molar-refractivity contribution in [3.8, 4) is 11.5 Å². The van der Waals surface area contributed by atoms with Gasteiger partial charge in [0.1, 0.15) is 0 Å². The summed E-state index contributed by atoms with van der Waals surface area (Å²) in [5.41, 5.74) is -0.750. The molecule has 1 fully saturated rings. The number of piperidine rings is 1. The molecule has 0 radical (unpaired) electrons. The van der Waals surface area contributed by atoms with E-state index in [9.17, 15) is 16.8 Å². The van der Waals surface area contributed by atoms with Gasteiger partial charge in [0, 0.05) is 39.2 Å². The molecule has 0 unspecified atom stereocenters. The molecule has 0 amide bonds. The number of nitrogens with one attached hydrogen (secondary N) is 1. The minimum Gasteiger partial charge on any atom is -0.490 e. The lowest BCUT2D eigenvalue weighted by Gasteiger charge is -2.39. The first kappa shape index (κ1) is 21.3. The van der Waals surface area contributed by atoms with Crippen molar-refractivity contribution in [2.24, 2.45) is 0 Å². The average Bonchev–Trinajstić information content (AvgIpc) is 2.91. The van der Waals surface area contributed by atoms with Gasteiger partial charge in [0.2, 0.25) is 20.0 Å². The quantitative estimate of drug-likeness (QED) is 0.697. The molecule has 1 N–H and O–H groups in total. The number of nitrogens with zero attached hydrogens (tertiary/aromatic N) is 1. The van der Waals surface area contributed by atoms with E-state index in [1.54, 1.807) is 6.07 Å². The van der Waals surface area contributed by atoms with Crippen LogP contribution in [0.3, 0.4) is 0 Å². The smallest absolute Gasteiger partial charge is 0.240 e. The third kappa shape index (κ3) is 4.77. The highest BCUT2D eigenvalue weighted by atomic mass is 32.2. The molecule has 9 nitrogen and oxygen atoms in total. The van der Waals surface area contributed by atoms with Crippen molar-refractivity contribution in [1.82, 2.24) is 9.03 Å². The summed E-state index contributed by atoms with van der Waals surface area (Å²) < 4.78 is 69.5. The maximum absolute atomic E-state index is 12.8. The van der Waals surface area contributed by atoms with Crippen molar-refractivity contribution < 1.29 is 31.0 Å². The van der Waals surface area contributed by atoms with Gasteiger partial charge >= 0.3 is 0 Å². The molecule has 0 saturated carbocycles. The highest BCUT2D eigenvalue weighted by Crippen LogP contribution is 2.32. The number of rotatable bonds is 6.